The molecule has 2 nitrogen and oxygen atoms in total. The number of nitrogens with one attached hydrogen (secondary N) is 1. The standard InChI is InChI=1S/C19H30N2/c1-16-7-6-8-17(13-16)14-20-19-10-3-2-9-18(19)15-21-11-4-5-12-21/h2-3,9-10,16-17,20H,4-8,11-15H2,1H3. The molecule has 0 bridgehead atoms. The summed E-state index contributed by atoms with van der Waals surface area (Å²) in [6.07, 6.45) is 8.41. The van der Waals surface area contributed by atoms with Crippen molar-refractivity contribution < 1.29 is 0 Å². The number of hydrogen-bond acceptors (Lipinski definition) is 2. The van der Waals surface area contributed by atoms with Crippen LogP contribution in [0.3, 0.4) is 0 Å². The zero-order valence-corrected chi connectivity index (χ0v) is 13.5. The number of rotatable bonds is 5. The number of benzene rings is 1. The predicted octanol–water partition coefficient (Wildman–Crippen LogP) is 4.52. The van der Waals surface area contributed by atoms with Crippen molar-refractivity contribution >= 4 is 5.69 Å². The van der Waals surface area contributed by atoms with Crippen LogP contribution in [0, 0.1) is 11.8 Å². The molecule has 1 saturated heterocycles. The van der Waals surface area contributed by atoms with Crippen molar-refractivity contribution in [1.29, 1.82) is 0 Å². The normalized spacial score (nSPS) is 26.9. The summed E-state index contributed by atoms with van der Waals surface area (Å²) in [7, 11) is 0. The van der Waals surface area contributed by atoms with Gasteiger partial charge in [-0.15, -0.1) is 0 Å². The molecule has 2 atom stereocenters. The molecular formula is C19H30N2. The van der Waals surface area contributed by atoms with Crippen LogP contribution in [0.5, 0.6) is 0 Å². The molecule has 1 heterocycles. The van der Waals surface area contributed by atoms with E-state index in [0.717, 1.165) is 24.9 Å². The molecule has 2 unspecified atom stereocenters. The van der Waals surface area contributed by atoms with Crippen LogP contribution in [-0.4, -0.2) is 24.5 Å². The molecule has 3 rings (SSSR count). The lowest BCUT2D eigenvalue weighted by Crippen LogP contribution is -2.23. The van der Waals surface area contributed by atoms with Crippen LogP contribution in [0.4, 0.5) is 5.69 Å². The molecule has 0 radical (unpaired) electrons. The zero-order chi connectivity index (χ0) is 14.5. The highest BCUT2D eigenvalue weighted by Crippen LogP contribution is 2.29. The third-order valence-corrected chi connectivity index (χ3v) is 5.24. The Morgan fingerprint density at radius 3 is 2.71 bits per heavy atom. The van der Waals surface area contributed by atoms with Gasteiger partial charge in [-0.25, -0.2) is 0 Å². The van der Waals surface area contributed by atoms with E-state index in [1.54, 1.807) is 0 Å². The highest BCUT2D eigenvalue weighted by atomic mass is 15.1. The second kappa shape index (κ2) is 7.31. The van der Waals surface area contributed by atoms with Crippen LogP contribution in [-0.2, 0) is 6.54 Å². The Kier molecular flexibility index (Phi) is 5.18. The largest absolute Gasteiger partial charge is 0.385 e. The molecular weight excluding hydrogens is 256 g/mol. The van der Waals surface area contributed by atoms with Crippen molar-refractivity contribution in [2.24, 2.45) is 11.8 Å². The second-order valence-corrected chi connectivity index (χ2v) is 7.16. The van der Waals surface area contributed by atoms with Gasteiger partial charge in [-0.05, 0) is 62.2 Å². The van der Waals surface area contributed by atoms with Gasteiger partial charge in [-0.3, -0.25) is 4.90 Å². The molecule has 1 aromatic rings. The fraction of sp³-hybridized carbons (Fsp3) is 0.684. The Hall–Kier alpha value is -1.02. The lowest BCUT2D eigenvalue weighted by atomic mass is 9.82. The summed E-state index contributed by atoms with van der Waals surface area (Å²) in [5, 5.41) is 3.75. The van der Waals surface area contributed by atoms with E-state index in [-0.39, 0.29) is 0 Å². The van der Waals surface area contributed by atoms with Gasteiger partial charge in [-0.1, -0.05) is 38.0 Å². The van der Waals surface area contributed by atoms with Crippen molar-refractivity contribution in [1.82, 2.24) is 4.90 Å². The first-order chi connectivity index (χ1) is 10.3. The summed E-state index contributed by atoms with van der Waals surface area (Å²) in [5.41, 5.74) is 2.84. The van der Waals surface area contributed by atoms with E-state index < -0.39 is 0 Å². The van der Waals surface area contributed by atoms with E-state index in [4.69, 9.17) is 0 Å². The Labute approximate surface area is 129 Å². The Morgan fingerprint density at radius 1 is 1.10 bits per heavy atom. The number of likely N-dealkylation sites (tertiary alicyclic amines) is 1. The van der Waals surface area contributed by atoms with Gasteiger partial charge in [0.1, 0.15) is 0 Å². The van der Waals surface area contributed by atoms with Crippen molar-refractivity contribution in [2.75, 3.05) is 25.0 Å². The van der Waals surface area contributed by atoms with Gasteiger partial charge in [-0.2, -0.15) is 0 Å². The van der Waals surface area contributed by atoms with E-state index in [1.807, 2.05) is 0 Å². The molecule has 2 heteroatoms. The second-order valence-electron chi connectivity index (χ2n) is 7.16. The van der Waals surface area contributed by atoms with Crippen LogP contribution in [0.15, 0.2) is 24.3 Å². The van der Waals surface area contributed by atoms with Crippen LogP contribution < -0.4 is 5.32 Å². The molecule has 0 amide bonds. The van der Waals surface area contributed by atoms with E-state index in [2.05, 4.69) is 41.4 Å². The third kappa shape index (κ3) is 4.23. The summed E-state index contributed by atoms with van der Waals surface area (Å²) in [6.45, 7) is 7.22. The molecule has 21 heavy (non-hydrogen) atoms. The molecule has 1 aromatic carbocycles. The molecule has 2 aliphatic rings. The molecule has 1 N–H and O–H groups in total. The first-order valence-electron chi connectivity index (χ1n) is 8.85. The fourth-order valence-electron chi connectivity index (χ4n) is 4.01. The van der Waals surface area contributed by atoms with Gasteiger partial charge in [0.05, 0.1) is 0 Å². The van der Waals surface area contributed by atoms with Crippen LogP contribution >= 0.6 is 0 Å². The maximum atomic E-state index is 3.75. The predicted molar refractivity (Wildman–Crippen MR) is 90.6 cm³/mol. The van der Waals surface area contributed by atoms with Gasteiger partial charge in [0.2, 0.25) is 0 Å². The van der Waals surface area contributed by atoms with E-state index in [1.165, 1.54) is 62.9 Å². The van der Waals surface area contributed by atoms with E-state index >= 15 is 0 Å². The molecule has 1 aliphatic carbocycles. The van der Waals surface area contributed by atoms with Crippen molar-refractivity contribution in [3.63, 3.8) is 0 Å². The first-order valence-corrected chi connectivity index (χ1v) is 8.85. The molecule has 2 fully saturated rings. The molecule has 1 aliphatic heterocycles. The SMILES string of the molecule is CC1CCCC(CNc2ccccc2CN2CCCC2)C1. The minimum atomic E-state index is 0.869. The van der Waals surface area contributed by atoms with Gasteiger partial charge >= 0.3 is 0 Å². The monoisotopic (exact) mass is 286 g/mol. The van der Waals surface area contributed by atoms with Crippen molar-refractivity contribution in [3.05, 3.63) is 29.8 Å². The van der Waals surface area contributed by atoms with Crippen molar-refractivity contribution in [3.8, 4) is 0 Å². The number of anilines is 1. The van der Waals surface area contributed by atoms with Crippen LogP contribution in [0.1, 0.15) is 51.0 Å². The zero-order valence-electron chi connectivity index (χ0n) is 13.5. The average Bonchev–Trinajstić information content (AvgIpc) is 2.99. The Balaban J connectivity index is 1.56. The maximum Gasteiger partial charge on any atom is 0.0385 e. The summed E-state index contributed by atoms with van der Waals surface area (Å²) in [5.74, 6) is 1.79. The van der Waals surface area contributed by atoms with Crippen molar-refractivity contribution in [2.45, 2.75) is 52.0 Å². The quantitative estimate of drug-likeness (QED) is 0.856. The fourth-order valence-corrected chi connectivity index (χ4v) is 4.01. The summed E-state index contributed by atoms with van der Waals surface area (Å²) < 4.78 is 0. The molecule has 1 saturated carbocycles. The lowest BCUT2D eigenvalue weighted by Gasteiger charge is -2.27. The maximum absolute atomic E-state index is 3.75. The van der Waals surface area contributed by atoms with Crippen LogP contribution in [0.25, 0.3) is 0 Å². The molecule has 0 aromatic heterocycles. The molecule has 116 valence electrons. The minimum Gasteiger partial charge on any atom is -0.385 e. The van der Waals surface area contributed by atoms with Crippen LogP contribution in [0.2, 0.25) is 0 Å². The third-order valence-electron chi connectivity index (χ3n) is 5.24. The number of nitrogens with zero attached hydrogens (tertiary/aromatic N) is 1. The average molecular weight is 286 g/mol. The first kappa shape index (κ1) is 14.9. The summed E-state index contributed by atoms with van der Waals surface area (Å²) in [6, 6.07) is 8.90. The highest BCUT2D eigenvalue weighted by Gasteiger charge is 2.19. The molecule has 0 spiro atoms. The lowest BCUT2D eigenvalue weighted by molar-refractivity contribution is 0.293. The summed E-state index contributed by atoms with van der Waals surface area (Å²) >= 11 is 0. The number of para-hydroxylation sites is 1. The Bertz CT molecular complexity index is 437. The summed E-state index contributed by atoms with van der Waals surface area (Å²) in [4.78, 5) is 2.59. The number of hydrogen-bond donors (Lipinski definition) is 1. The van der Waals surface area contributed by atoms with Gasteiger partial charge in [0.25, 0.3) is 0 Å². The van der Waals surface area contributed by atoms with E-state index in [0.29, 0.717) is 0 Å². The van der Waals surface area contributed by atoms with E-state index in [9.17, 15) is 0 Å². The Morgan fingerprint density at radius 2 is 1.90 bits per heavy atom. The van der Waals surface area contributed by atoms with Gasteiger partial charge in [0.15, 0.2) is 0 Å². The van der Waals surface area contributed by atoms with Gasteiger partial charge in [0, 0.05) is 18.8 Å². The minimum absolute atomic E-state index is 0.869. The highest BCUT2D eigenvalue weighted by molar-refractivity contribution is 5.51. The smallest absolute Gasteiger partial charge is 0.0385 e. The topological polar surface area (TPSA) is 15.3 Å². The van der Waals surface area contributed by atoms with Gasteiger partial charge < -0.3 is 5.32 Å².